The van der Waals surface area contributed by atoms with E-state index in [9.17, 15) is 9.50 Å². The van der Waals surface area contributed by atoms with Crippen molar-refractivity contribution in [3.05, 3.63) is 35.6 Å². The lowest BCUT2D eigenvalue weighted by Crippen LogP contribution is -2.31. The van der Waals surface area contributed by atoms with Crippen LogP contribution in [-0.2, 0) is 9.47 Å². The number of hydrogen-bond donors (Lipinski definition) is 1. The van der Waals surface area contributed by atoms with Gasteiger partial charge in [0, 0.05) is 40.5 Å². The van der Waals surface area contributed by atoms with E-state index in [0.717, 1.165) is 32.7 Å². The number of hydrogen-bond acceptors (Lipinski definition) is 4. The summed E-state index contributed by atoms with van der Waals surface area (Å²) in [6.45, 7) is 3.83. The number of methoxy groups -OCH3 is 2. The van der Waals surface area contributed by atoms with Crippen molar-refractivity contribution in [2.24, 2.45) is 0 Å². The van der Waals surface area contributed by atoms with Gasteiger partial charge in [0.25, 0.3) is 0 Å². The van der Waals surface area contributed by atoms with E-state index < -0.39 is 6.10 Å². The number of nitrogens with zero attached hydrogens (tertiary/aromatic N) is 1. The third-order valence-corrected chi connectivity index (χ3v) is 3.39. The first-order valence-corrected chi connectivity index (χ1v) is 7.31. The summed E-state index contributed by atoms with van der Waals surface area (Å²) in [5.41, 5.74) is 0.624. The van der Waals surface area contributed by atoms with Crippen LogP contribution in [0.2, 0.25) is 0 Å². The number of aliphatic hydroxyl groups is 1. The number of rotatable bonds is 11. The van der Waals surface area contributed by atoms with Crippen molar-refractivity contribution in [2.75, 3.05) is 47.1 Å². The third kappa shape index (κ3) is 7.52. The van der Waals surface area contributed by atoms with Gasteiger partial charge in [-0.05, 0) is 30.5 Å². The Labute approximate surface area is 126 Å². The van der Waals surface area contributed by atoms with E-state index >= 15 is 0 Å². The maximum atomic E-state index is 13.1. The second kappa shape index (κ2) is 10.7. The van der Waals surface area contributed by atoms with Gasteiger partial charge in [-0.2, -0.15) is 0 Å². The summed E-state index contributed by atoms with van der Waals surface area (Å²) in [7, 11) is 3.36. The van der Waals surface area contributed by atoms with E-state index in [-0.39, 0.29) is 5.82 Å². The summed E-state index contributed by atoms with van der Waals surface area (Å²) in [4.78, 5) is 2.23. The number of ether oxygens (including phenoxy) is 2. The molecule has 0 spiro atoms. The Morgan fingerprint density at radius 2 is 1.90 bits per heavy atom. The highest BCUT2D eigenvalue weighted by Gasteiger charge is 2.11. The maximum Gasteiger partial charge on any atom is 0.123 e. The molecule has 5 heteroatoms. The molecule has 120 valence electrons. The molecule has 1 rings (SSSR count). The first-order valence-electron chi connectivity index (χ1n) is 7.31. The van der Waals surface area contributed by atoms with Gasteiger partial charge in [-0.1, -0.05) is 12.1 Å². The lowest BCUT2D eigenvalue weighted by molar-refractivity contribution is 0.108. The van der Waals surface area contributed by atoms with Gasteiger partial charge in [-0.25, -0.2) is 4.39 Å². The fourth-order valence-corrected chi connectivity index (χ4v) is 2.17. The minimum Gasteiger partial charge on any atom is -0.388 e. The monoisotopic (exact) mass is 299 g/mol. The molecular formula is C16H26FNO3. The van der Waals surface area contributed by atoms with Crippen LogP contribution < -0.4 is 0 Å². The first-order chi connectivity index (χ1) is 10.2. The quantitative estimate of drug-likeness (QED) is 0.636. The van der Waals surface area contributed by atoms with Crippen LogP contribution in [0.4, 0.5) is 4.39 Å². The summed E-state index contributed by atoms with van der Waals surface area (Å²) in [6.07, 6.45) is 0.865. The van der Waals surface area contributed by atoms with Crippen molar-refractivity contribution in [3.63, 3.8) is 0 Å². The molecule has 0 heterocycles. The molecule has 1 N–H and O–H groups in total. The van der Waals surface area contributed by atoms with Crippen molar-refractivity contribution in [2.45, 2.75) is 18.9 Å². The number of benzene rings is 1. The zero-order valence-electron chi connectivity index (χ0n) is 12.9. The molecule has 0 aromatic heterocycles. The average Bonchev–Trinajstić information content (AvgIpc) is 2.49. The molecule has 21 heavy (non-hydrogen) atoms. The van der Waals surface area contributed by atoms with Crippen LogP contribution >= 0.6 is 0 Å². The molecule has 0 saturated carbocycles. The summed E-state index contributed by atoms with van der Waals surface area (Å²) in [5, 5.41) is 10.1. The molecule has 0 amide bonds. The van der Waals surface area contributed by atoms with E-state index in [1.807, 2.05) is 0 Å². The molecule has 0 aliphatic carbocycles. The predicted molar refractivity (Wildman–Crippen MR) is 80.8 cm³/mol. The van der Waals surface area contributed by atoms with E-state index in [2.05, 4.69) is 4.90 Å². The maximum absolute atomic E-state index is 13.1. The lowest BCUT2D eigenvalue weighted by Gasteiger charge is -2.23. The van der Waals surface area contributed by atoms with Crippen molar-refractivity contribution < 1.29 is 19.0 Å². The van der Waals surface area contributed by atoms with Crippen LogP contribution in [0.5, 0.6) is 0 Å². The van der Waals surface area contributed by atoms with E-state index in [1.165, 1.54) is 12.1 Å². The van der Waals surface area contributed by atoms with Gasteiger partial charge < -0.3 is 19.5 Å². The van der Waals surface area contributed by atoms with Crippen molar-refractivity contribution in [1.29, 1.82) is 0 Å². The number of aliphatic hydroxyl groups excluding tert-OH is 1. The minimum atomic E-state index is -0.645. The fourth-order valence-electron chi connectivity index (χ4n) is 2.17. The van der Waals surface area contributed by atoms with Crippen LogP contribution in [0.15, 0.2) is 24.3 Å². The van der Waals surface area contributed by atoms with Crippen molar-refractivity contribution in [1.82, 2.24) is 4.90 Å². The normalized spacial score (nSPS) is 12.8. The highest BCUT2D eigenvalue weighted by molar-refractivity contribution is 5.18. The second-order valence-electron chi connectivity index (χ2n) is 5.04. The fraction of sp³-hybridized carbons (Fsp3) is 0.625. The van der Waals surface area contributed by atoms with Crippen LogP contribution in [0.25, 0.3) is 0 Å². The van der Waals surface area contributed by atoms with Gasteiger partial charge >= 0.3 is 0 Å². The Morgan fingerprint density at radius 1 is 1.14 bits per heavy atom. The van der Waals surface area contributed by atoms with Crippen LogP contribution in [0.3, 0.4) is 0 Å². The summed E-state index contributed by atoms with van der Waals surface area (Å²) >= 11 is 0. The summed E-state index contributed by atoms with van der Waals surface area (Å²) < 4.78 is 23.3. The Hall–Kier alpha value is -1.01. The minimum absolute atomic E-state index is 0.317. The van der Waals surface area contributed by atoms with E-state index in [4.69, 9.17) is 9.47 Å². The summed E-state index contributed by atoms with van der Waals surface area (Å²) in [5.74, 6) is -0.317. The smallest absolute Gasteiger partial charge is 0.123 e. The van der Waals surface area contributed by atoms with Crippen LogP contribution in [0, 0.1) is 5.82 Å². The Kier molecular flexibility index (Phi) is 9.17. The van der Waals surface area contributed by atoms with Gasteiger partial charge in [0.15, 0.2) is 0 Å². The van der Waals surface area contributed by atoms with Gasteiger partial charge in [0.2, 0.25) is 0 Å². The Morgan fingerprint density at radius 3 is 2.57 bits per heavy atom. The van der Waals surface area contributed by atoms with Crippen molar-refractivity contribution in [3.8, 4) is 0 Å². The highest BCUT2D eigenvalue weighted by Crippen LogP contribution is 2.17. The molecule has 0 fully saturated rings. The SMILES string of the molecule is COCCCN(CCOC)CCC(O)c1cccc(F)c1. The highest BCUT2D eigenvalue weighted by atomic mass is 19.1. The molecule has 1 atom stereocenters. The largest absolute Gasteiger partial charge is 0.388 e. The molecule has 1 unspecified atom stereocenters. The van der Waals surface area contributed by atoms with E-state index in [1.54, 1.807) is 26.4 Å². The molecule has 0 aliphatic heterocycles. The molecule has 1 aromatic rings. The standard InChI is InChI=1S/C16H26FNO3/c1-20-11-4-8-18(10-12-21-2)9-7-16(19)14-5-3-6-15(17)13-14/h3,5-6,13,16,19H,4,7-12H2,1-2H3. The predicted octanol–water partition coefficient (Wildman–Crippen LogP) is 2.23. The van der Waals surface area contributed by atoms with Crippen LogP contribution in [-0.4, -0.2) is 57.1 Å². The third-order valence-electron chi connectivity index (χ3n) is 3.39. The molecule has 0 bridgehead atoms. The molecule has 1 aromatic carbocycles. The number of halogens is 1. The van der Waals surface area contributed by atoms with E-state index in [0.29, 0.717) is 18.6 Å². The van der Waals surface area contributed by atoms with Gasteiger partial charge in [-0.15, -0.1) is 0 Å². The zero-order valence-corrected chi connectivity index (χ0v) is 12.9. The Bertz CT molecular complexity index is 390. The second-order valence-corrected chi connectivity index (χ2v) is 5.04. The molecule has 0 aliphatic rings. The molecule has 0 saturated heterocycles. The zero-order chi connectivity index (χ0) is 15.5. The molecular weight excluding hydrogens is 273 g/mol. The van der Waals surface area contributed by atoms with Gasteiger partial charge in [0.05, 0.1) is 12.7 Å². The van der Waals surface area contributed by atoms with Gasteiger partial charge in [0.1, 0.15) is 5.82 Å². The van der Waals surface area contributed by atoms with Crippen LogP contribution in [0.1, 0.15) is 24.5 Å². The lowest BCUT2D eigenvalue weighted by atomic mass is 10.1. The van der Waals surface area contributed by atoms with Gasteiger partial charge in [-0.3, -0.25) is 0 Å². The topological polar surface area (TPSA) is 41.9 Å². The molecule has 0 radical (unpaired) electrons. The Balaban J connectivity index is 2.42. The summed E-state index contributed by atoms with van der Waals surface area (Å²) in [6, 6.07) is 6.13. The molecule has 4 nitrogen and oxygen atoms in total. The van der Waals surface area contributed by atoms with Crippen molar-refractivity contribution >= 4 is 0 Å². The average molecular weight is 299 g/mol. The first kappa shape index (κ1) is 18.0.